The number of carbonyl (C=O) groups is 2. The first-order chi connectivity index (χ1) is 11.0. The molecule has 1 N–H and O–H groups in total. The molecular weight excluding hydrogens is 298 g/mol. The highest BCUT2D eigenvalue weighted by atomic mass is 16.5. The minimum Gasteiger partial charge on any atom is -0.463 e. The average molecular weight is 315 g/mol. The van der Waals surface area contributed by atoms with Crippen LogP contribution in [-0.4, -0.2) is 29.7 Å². The summed E-state index contributed by atoms with van der Waals surface area (Å²) in [5, 5.41) is 3.80. The summed E-state index contributed by atoms with van der Waals surface area (Å²) in [6, 6.07) is 4.88. The van der Waals surface area contributed by atoms with Crippen LogP contribution in [-0.2, 0) is 4.74 Å². The fraction of sp³-hybridized carbons (Fsp3) is 0.250. The van der Waals surface area contributed by atoms with E-state index in [2.05, 4.69) is 15.5 Å². The SMILES string of the molecule is CCOC(=O)c1cc(C(=O)NN=Cc2ccco2)c(C)nc1C. The van der Waals surface area contributed by atoms with Crippen LogP contribution < -0.4 is 5.43 Å². The van der Waals surface area contributed by atoms with Crippen molar-refractivity contribution in [3.05, 3.63) is 52.7 Å². The van der Waals surface area contributed by atoms with Crippen LogP contribution in [0.15, 0.2) is 34.0 Å². The van der Waals surface area contributed by atoms with Gasteiger partial charge in [0.25, 0.3) is 5.91 Å². The second-order valence-electron chi connectivity index (χ2n) is 4.69. The third-order valence-corrected chi connectivity index (χ3v) is 3.04. The highest BCUT2D eigenvalue weighted by Gasteiger charge is 2.17. The maximum Gasteiger partial charge on any atom is 0.339 e. The number of aryl methyl sites for hydroxylation is 2. The Balaban J connectivity index is 2.19. The summed E-state index contributed by atoms with van der Waals surface area (Å²) < 4.78 is 10.0. The van der Waals surface area contributed by atoms with Gasteiger partial charge in [-0.2, -0.15) is 5.10 Å². The van der Waals surface area contributed by atoms with E-state index in [-0.39, 0.29) is 17.7 Å². The molecule has 0 saturated heterocycles. The van der Waals surface area contributed by atoms with E-state index in [0.29, 0.717) is 17.1 Å². The molecule has 0 spiro atoms. The summed E-state index contributed by atoms with van der Waals surface area (Å²) >= 11 is 0. The Morgan fingerprint density at radius 1 is 1.35 bits per heavy atom. The predicted octanol–water partition coefficient (Wildman–Crippen LogP) is 2.23. The Hall–Kier alpha value is -2.96. The van der Waals surface area contributed by atoms with Crippen molar-refractivity contribution in [2.45, 2.75) is 20.8 Å². The molecule has 2 heterocycles. The lowest BCUT2D eigenvalue weighted by Gasteiger charge is -2.09. The van der Waals surface area contributed by atoms with Crippen LogP contribution in [0.3, 0.4) is 0 Å². The molecule has 0 unspecified atom stereocenters. The maximum absolute atomic E-state index is 12.2. The molecule has 0 fully saturated rings. The van der Waals surface area contributed by atoms with Gasteiger partial charge in [-0.05, 0) is 39.0 Å². The van der Waals surface area contributed by atoms with E-state index in [1.54, 1.807) is 32.9 Å². The number of furan rings is 1. The number of ether oxygens (including phenoxy) is 1. The number of hydrogen-bond donors (Lipinski definition) is 1. The first-order valence-electron chi connectivity index (χ1n) is 7.05. The van der Waals surface area contributed by atoms with Gasteiger partial charge in [0.1, 0.15) is 5.76 Å². The Labute approximate surface area is 133 Å². The molecule has 0 atom stereocenters. The molecule has 2 aromatic heterocycles. The van der Waals surface area contributed by atoms with Gasteiger partial charge in [0, 0.05) is 0 Å². The maximum atomic E-state index is 12.2. The standard InChI is InChI=1S/C16H17N3O4/c1-4-22-16(21)14-8-13(10(2)18-11(14)3)15(20)19-17-9-12-6-5-7-23-12/h5-9H,4H2,1-3H3,(H,19,20). The predicted molar refractivity (Wildman–Crippen MR) is 83.4 cm³/mol. The summed E-state index contributed by atoms with van der Waals surface area (Å²) in [6.07, 6.45) is 2.88. The van der Waals surface area contributed by atoms with Crippen molar-refractivity contribution in [3.8, 4) is 0 Å². The molecule has 0 aliphatic heterocycles. The van der Waals surface area contributed by atoms with Crippen LogP contribution in [0.1, 0.15) is 44.8 Å². The molecule has 120 valence electrons. The number of rotatable bonds is 5. The number of hydrogen-bond acceptors (Lipinski definition) is 6. The summed E-state index contributed by atoms with van der Waals surface area (Å²) in [7, 11) is 0. The quantitative estimate of drug-likeness (QED) is 0.519. The molecule has 0 aromatic carbocycles. The zero-order valence-corrected chi connectivity index (χ0v) is 13.1. The van der Waals surface area contributed by atoms with E-state index in [4.69, 9.17) is 9.15 Å². The Morgan fingerprint density at radius 3 is 2.74 bits per heavy atom. The van der Waals surface area contributed by atoms with E-state index < -0.39 is 11.9 Å². The number of carbonyl (C=O) groups excluding carboxylic acids is 2. The largest absolute Gasteiger partial charge is 0.463 e. The van der Waals surface area contributed by atoms with Crippen LogP contribution >= 0.6 is 0 Å². The number of amides is 1. The molecule has 0 aliphatic rings. The van der Waals surface area contributed by atoms with E-state index in [1.165, 1.54) is 18.5 Å². The first kappa shape index (κ1) is 16.4. The van der Waals surface area contributed by atoms with Crippen molar-refractivity contribution in [2.24, 2.45) is 5.10 Å². The number of esters is 1. The highest BCUT2D eigenvalue weighted by Crippen LogP contribution is 2.14. The minimum absolute atomic E-state index is 0.251. The first-order valence-corrected chi connectivity index (χ1v) is 7.05. The van der Waals surface area contributed by atoms with Crippen molar-refractivity contribution in [1.82, 2.24) is 10.4 Å². The normalized spacial score (nSPS) is 10.7. The Bertz CT molecular complexity index is 736. The van der Waals surface area contributed by atoms with E-state index in [0.717, 1.165) is 0 Å². The van der Waals surface area contributed by atoms with Gasteiger partial charge in [0.05, 0.1) is 41.6 Å². The number of nitrogens with zero attached hydrogens (tertiary/aromatic N) is 2. The fourth-order valence-corrected chi connectivity index (χ4v) is 1.95. The van der Waals surface area contributed by atoms with E-state index >= 15 is 0 Å². The highest BCUT2D eigenvalue weighted by molar-refractivity contribution is 5.99. The zero-order chi connectivity index (χ0) is 16.8. The molecule has 0 radical (unpaired) electrons. The molecule has 2 rings (SSSR count). The van der Waals surface area contributed by atoms with Gasteiger partial charge in [-0.3, -0.25) is 9.78 Å². The van der Waals surface area contributed by atoms with Gasteiger partial charge in [-0.1, -0.05) is 0 Å². The average Bonchev–Trinajstić information content (AvgIpc) is 3.00. The van der Waals surface area contributed by atoms with Crippen LogP contribution in [0.25, 0.3) is 0 Å². The third kappa shape index (κ3) is 4.03. The lowest BCUT2D eigenvalue weighted by atomic mass is 10.1. The van der Waals surface area contributed by atoms with Crippen molar-refractivity contribution >= 4 is 18.1 Å². The monoisotopic (exact) mass is 315 g/mol. The number of hydrazone groups is 1. The number of pyridine rings is 1. The molecular formula is C16H17N3O4. The van der Waals surface area contributed by atoms with Gasteiger partial charge < -0.3 is 9.15 Å². The molecule has 1 amide bonds. The topological polar surface area (TPSA) is 93.8 Å². The molecule has 0 saturated carbocycles. The minimum atomic E-state index is -0.509. The summed E-state index contributed by atoms with van der Waals surface area (Å²) in [5.41, 5.74) is 3.91. The number of nitrogens with one attached hydrogen (secondary N) is 1. The van der Waals surface area contributed by atoms with E-state index in [1.807, 2.05) is 0 Å². The zero-order valence-electron chi connectivity index (χ0n) is 13.1. The Morgan fingerprint density at radius 2 is 2.09 bits per heavy atom. The molecule has 0 aliphatic carbocycles. The second kappa shape index (κ2) is 7.35. The van der Waals surface area contributed by atoms with Gasteiger partial charge >= 0.3 is 5.97 Å². The fourth-order valence-electron chi connectivity index (χ4n) is 1.95. The van der Waals surface area contributed by atoms with Crippen LogP contribution in [0.2, 0.25) is 0 Å². The van der Waals surface area contributed by atoms with Crippen molar-refractivity contribution in [3.63, 3.8) is 0 Å². The molecule has 2 aromatic rings. The molecule has 7 nitrogen and oxygen atoms in total. The molecule has 23 heavy (non-hydrogen) atoms. The third-order valence-electron chi connectivity index (χ3n) is 3.04. The summed E-state index contributed by atoms with van der Waals surface area (Å²) in [6.45, 7) is 5.34. The lowest BCUT2D eigenvalue weighted by Crippen LogP contribution is -2.21. The Kier molecular flexibility index (Phi) is 5.24. The summed E-state index contributed by atoms with van der Waals surface area (Å²) in [4.78, 5) is 28.3. The van der Waals surface area contributed by atoms with Crippen LogP contribution in [0.5, 0.6) is 0 Å². The molecule has 0 bridgehead atoms. The van der Waals surface area contributed by atoms with Gasteiger partial charge in [0.2, 0.25) is 0 Å². The smallest absolute Gasteiger partial charge is 0.339 e. The number of aromatic nitrogens is 1. The van der Waals surface area contributed by atoms with Crippen molar-refractivity contribution < 1.29 is 18.7 Å². The van der Waals surface area contributed by atoms with Gasteiger partial charge in [0.15, 0.2) is 0 Å². The van der Waals surface area contributed by atoms with Crippen LogP contribution in [0, 0.1) is 13.8 Å². The summed E-state index contributed by atoms with van der Waals surface area (Å²) in [5.74, 6) is -0.467. The van der Waals surface area contributed by atoms with Gasteiger partial charge in [-0.25, -0.2) is 10.2 Å². The van der Waals surface area contributed by atoms with Crippen LogP contribution in [0.4, 0.5) is 0 Å². The second-order valence-corrected chi connectivity index (χ2v) is 4.69. The van der Waals surface area contributed by atoms with Crippen molar-refractivity contribution in [1.29, 1.82) is 0 Å². The molecule has 7 heteroatoms. The lowest BCUT2D eigenvalue weighted by molar-refractivity contribution is 0.0525. The van der Waals surface area contributed by atoms with Crippen molar-refractivity contribution in [2.75, 3.05) is 6.61 Å². The van der Waals surface area contributed by atoms with Gasteiger partial charge in [-0.15, -0.1) is 0 Å². The van der Waals surface area contributed by atoms with E-state index in [9.17, 15) is 9.59 Å².